The van der Waals surface area contributed by atoms with Crippen LogP contribution in [0, 0.1) is 12.8 Å². The number of nitrogens with zero attached hydrogens (tertiary/aromatic N) is 1. The average molecular weight is 419 g/mol. The summed E-state index contributed by atoms with van der Waals surface area (Å²) in [4.78, 5) is 41.7. The fourth-order valence-electron chi connectivity index (χ4n) is 4.88. The lowest BCUT2D eigenvalue weighted by molar-refractivity contribution is -0.143. The molecular formula is C24H21NO6. The molecule has 0 saturated carbocycles. The second kappa shape index (κ2) is 6.44. The van der Waals surface area contributed by atoms with Crippen molar-refractivity contribution in [2.75, 3.05) is 0 Å². The van der Waals surface area contributed by atoms with E-state index in [2.05, 4.69) is 0 Å². The first-order valence-corrected chi connectivity index (χ1v) is 10.2. The second-order valence-corrected chi connectivity index (χ2v) is 8.36. The summed E-state index contributed by atoms with van der Waals surface area (Å²) in [5.41, 5.74) is 1.41. The molecule has 0 radical (unpaired) electrons. The molecule has 1 fully saturated rings. The first kappa shape index (κ1) is 19.4. The minimum Gasteiger partial charge on any atom is -0.507 e. The number of Topliss-reactive ketones (excluding diaryl/α,β-unsaturated/α-hetero) is 2. The molecule has 1 saturated heterocycles. The van der Waals surface area contributed by atoms with Crippen molar-refractivity contribution in [1.82, 2.24) is 4.90 Å². The molecule has 7 heteroatoms. The number of carbonyl (C=O) groups excluding carboxylic acids is 3. The number of ketones is 2. The first-order valence-electron chi connectivity index (χ1n) is 10.2. The van der Waals surface area contributed by atoms with E-state index in [4.69, 9.17) is 4.74 Å². The molecule has 3 atom stereocenters. The largest absolute Gasteiger partial charge is 0.507 e. The molecule has 158 valence electrons. The van der Waals surface area contributed by atoms with E-state index in [1.54, 1.807) is 17.9 Å². The highest BCUT2D eigenvalue weighted by Gasteiger charge is 2.54. The number of phenolic OH excluding ortho intramolecular Hbond substituents is 2. The highest BCUT2D eigenvalue weighted by Crippen LogP contribution is 2.52. The van der Waals surface area contributed by atoms with Crippen molar-refractivity contribution in [3.8, 4) is 11.5 Å². The van der Waals surface area contributed by atoms with Gasteiger partial charge in [-0.05, 0) is 36.6 Å². The molecule has 5 rings (SSSR count). The third-order valence-corrected chi connectivity index (χ3v) is 6.46. The van der Waals surface area contributed by atoms with Gasteiger partial charge in [0.05, 0.1) is 11.1 Å². The predicted molar refractivity (Wildman–Crippen MR) is 110 cm³/mol. The van der Waals surface area contributed by atoms with E-state index in [9.17, 15) is 24.6 Å². The van der Waals surface area contributed by atoms with E-state index in [1.165, 1.54) is 24.3 Å². The SMILES string of the molecule is CC[C@H](C)[C@H]1C(=O)O[C@H]2c3cc(C)cc(O)c3C3=C(C(=O)c4c(O)cccc4C3=O)N12. The monoisotopic (exact) mass is 419 g/mol. The Kier molecular flexibility index (Phi) is 4.02. The molecule has 31 heavy (non-hydrogen) atoms. The Hall–Kier alpha value is -3.61. The summed E-state index contributed by atoms with van der Waals surface area (Å²) in [6.07, 6.45) is -0.281. The Morgan fingerprint density at radius 1 is 1.06 bits per heavy atom. The summed E-state index contributed by atoms with van der Waals surface area (Å²) >= 11 is 0. The molecule has 0 aromatic heterocycles. The van der Waals surface area contributed by atoms with Crippen LogP contribution in [0.2, 0.25) is 0 Å². The van der Waals surface area contributed by atoms with E-state index in [1.807, 2.05) is 13.8 Å². The standard InChI is InChI=1S/C24H21NO6/c1-4-11(3)19-24(30)31-23-13-8-10(2)9-15(27)16(13)18-20(25(19)23)22(29)17-12(21(18)28)6-5-7-14(17)26/h5-9,11,19,23,26-27H,4H2,1-3H3/t11-,19-,23-/m0/s1. The van der Waals surface area contributed by atoms with Crippen molar-refractivity contribution >= 4 is 23.1 Å². The van der Waals surface area contributed by atoms with Gasteiger partial charge in [0.25, 0.3) is 0 Å². The van der Waals surface area contributed by atoms with Crippen LogP contribution in [0.25, 0.3) is 5.57 Å². The summed E-state index contributed by atoms with van der Waals surface area (Å²) in [5.74, 6) is -2.14. The molecule has 2 heterocycles. The molecule has 2 aromatic carbocycles. The number of ether oxygens (including phenoxy) is 1. The molecule has 3 aliphatic rings. The number of hydrogen-bond donors (Lipinski definition) is 2. The molecule has 0 bridgehead atoms. The summed E-state index contributed by atoms with van der Waals surface area (Å²) in [6.45, 7) is 5.61. The van der Waals surface area contributed by atoms with Crippen molar-refractivity contribution in [1.29, 1.82) is 0 Å². The third kappa shape index (κ3) is 2.43. The third-order valence-electron chi connectivity index (χ3n) is 6.46. The van der Waals surface area contributed by atoms with Gasteiger partial charge in [0.2, 0.25) is 12.0 Å². The first-order chi connectivity index (χ1) is 14.8. The highest BCUT2D eigenvalue weighted by atomic mass is 16.6. The van der Waals surface area contributed by atoms with Crippen LogP contribution in [0.3, 0.4) is 0 Å². The number of benzene rings is 2. The van der Waals surface area contributed by atoms with E-state index in [0.717, 1.165) is 5.56 Å². The van der Waals surface area contributed by atoms with Crippen LogP contribution in [0.5, 0.6) is 11.5 Å². The number of phenols is 2. The maximum atomic E-state index is 13.7. The smallest absolute Gasteiger partial charge is 0.331 e. The molecular weight excluding hydrogens is 398 g/mol. The van der Waals surface area contributed by atoms with Gasteiger partial charge in [-0.3, -0.25) is 9.59 Å². The topological polar surface area (TPSA) is 104 Å². The van der Waals surface area contributed by atoms with Crippen molar-refractivity contribution in [2.45, 2.75) is 39.5 Å². The molecule has 1 aliphatic carbocycles. The summed E-state index contributed by atoms with van der Waals surface area (Å²) < 4.78 is 5.70. The van der Waals surface area contributed by atoms with Crippen LogP contribution in [-0.4, -0.2) is 38.7 Å². The van der Waals surface area contributed by atoms with Gasteiger partial charge in [-0.25, -0.2) is 4.79 Å². The quantitative estimate of drug-likeness (QED) is 0.718. The molecule has 0 amide bonds. The second-order valence-electron chi connectivity index (χ2n) is 8.36. The van der Waals surface area contributed by atoms with Gasteiger partial charge in [-0.15, -0.1) is 0 Å². The fraction of sp³-hybridized carbons (Fsp3) is 0.292. The Morgan fingerprint density at radius 3 is 2.52 bits per heavy atom. The lowest BCUT2D eigenvalue weighted by Gasteiger charge is -2.39. The summed E-state index contributed by atoms with van der Waals surface area (Å²) in [6, 6.07) is 6.84. The van der Waals surface area contributed by atoms with Crippen LogP contribution in [0.1, 0.15) is 63.9 Å². The Labute approximate surface area is 178 Å². The molecule has 0 spiro atoms. The zero-order chi connectivity index (χ0) is 22.2. The average Bonchev–Trinajstić information content (AvgIpc) is 3.07. The number of aryl methyl sites for hydroxylation is 1. The Balaban J connectivity index is 1.87. The Bertz CT molecular complexity index is 1230. The molecule has 2 aromatic rings. The number of rotatable bonds is 2. The van der Waals surface area contributed by atoms with Gasteiger partial charge in [-0.2, -0.15) is 0 Å². The minimum atomic E-state index is -0.935. The highest BCUT2D eigenvalue weighted by molar-refractivity contribution is 6.41. The van der Waals surface area contributed by atoms with Crippen LogP contribution < -0.4 is 0 Å². The van der Waals surface area contributed by atoms with Gasteiger partial charge in [0.1, 0.15) is 23.2 Å². The number of esters is 1. The maximum Gasteiger partial charge on any atom is 0.331 e. The minimum absolute atomic E-state index is 0.00759. The normalized spacial score (nSPS) is 22.5. The number of aromatic hydroxyl groups is 2. The molecule has 7 nitrogen and oxygen atoms in total. The summed E-state index contributed by atoms with van der Waals surface area (Å²) in [7, 11) is 0. The lowest BCUT2D eigenvalue weighted by atomic mass is 9.77. The van der Waals surface area contributed by atoms with E-state index in [-0.39, 0.29) is 45.4 Å². The van der Waals surface area contributed by atoms with E-state index >= 15 is 0 Å². The van der Waals surface area contributed by atoms with Gasteiger partial charge < -0.3 is 19.8 Å². The van der Waals surface area contributed by atoms with Crippen LogP contribution >= 0.6 is 0 Å². The molecule has 2 N–H and O–H groups in total. The van der Waals surface area contributed by atoms with Crippen molar-refractivity contribution in [3.63, 3.8) is 0 Å². The number of allylic oxidation sites excluding steroid dienone is 2. The van der Waals surface area contributed by atoms with E-state index < -0.39 is 29.8 Å². The summed E-state index contributed by atoms with van der Waals surface area (Å²) in [5, 5.41) is 21.2. The van der Waals surface area contributed by atoms with Crippen molar-refractivity contribution in [2.24, 2.45) is 5.92 Å². The lowest BCUT2D eigenvalue weighted by Crippen LogP contribution is -2.45. The van der Waals surface area contributed by atoms with Crippen LogP contribution in [0.15, 0.2) is 36.0 Å². The van der Waals surface area contributed by atoms with Gasteiger partial charge in [0.15, 0.2) is 5.78 Å². The van der Waals surface area contributed by atoms with Crippen molar-refractivity contribution in [3.05, 3.63) is 63.8 Å². The zero-order valence-electron chi connectivity index (χ0n) is 17.3. The maximum absolute atomic E-state index is 13.7. The molecule has 2 aliphatic heterocycles. The number of hydrogen-bond acceptors (Lipinski definition) is 7. The molecule has 0 unspecified atom stereocenters. The van der Waals surface area contributed by atoms with Gasteiger partial charge in [0, 0.05) is 16.7 Å². The van der Waals surface area contributed by atoms with Crippen molar-refractivity contribution < 1.29 is 29.3 Å². The number of carbonyl (C=O) groups is 3. The van der Waals surface area contributed by atoms with Gasteiger partial charge >= 0.3 is 5.97 Å². The van der Waals surface area contributed by atoms with Gasteiger partial charge in [-0.1, -0.05) is 32.4 Å². The number of fused-ring (bicyclic) bond motifs is 6. The van der Waals surface area contributed by atoms with Crippen LogP contribution in [-0.2, 0) is 9.53 Å². The predicted octanol–water partition coefficient (Wildman–Crippen LogP) is 3.48. The zero-order valence-corrected chi connectivity index (χ0v) is 17.3. The van der Waals surface area contributed by atoms with Crippen LogP contribution in [0.4, 0.5) is 0 Å². The van der Waals surface area contributed by atoms with E-state index in [0.29, 0.717) is 12.0 Å². The Morgan fingerprint density at radius 2 is 1.81 bits per heavy atom. The fourth-order valence-corrected chi connectivity index (χ4v) is 4.88.